The number of amides is 1. The summed E-state index contributed by atoms with van der Waals surface area (Å²) in [5, 5.41) is 7.13. The van der Waals surface area contributed by atoms with E-state index in [2.05, 4.69) is 20.1 Å². The first kappa shape index (κ1) is 21.2. The summed E-state index contributed by atoms with van der Waals surface area (Å²) in [5.74, 6) is -0.219. The van der Waals surface area contributed by atoms with E-state index in [1.165, 1.54) is 12.0 Å². The average molecular weight is 415 g/mol. The van der Waals surface area contributed by atoms with Crippen LogP contribution < -0.4 is 0 Å². The van der Waals surface area contributed by atoms with Crippen LogP contribution >= 0.6 is 0 Å². The Balaban J connectivity index is 2.02. The highest BCUT2D eigenvalue weighted by atomic mass is 16.5. The molecule has 10 heteroatoms. The Morgan fingerprint density at radius 1 is 0.968 bits per heavy atom. The van der Waals surface area contributed by atoms with Crippen molar-refractivity contribution in [2.45, 2.75) is 0 Å². The van der Waals surface area contributed by atoms with E-state index in [1.54, 1.807) is 60.7 Å². The minimum Gasteiger partial charge on any atom is -0.453 e. The molecule has 0 unspecified atom stereocenters. The molecule has 0 N–H and O–H groups in total. The molecule has 31 heavy (non-hydrogen) atoms. The second-order valence-corrected chi connectivity index (χ2v) is 6.56. The van der Waals surface area contributed by atoms with Gasteiger partial charge < -0.3 is 4.74 Å². The van der Waals surface area contributed by atoms with Gasteiger partial charge in [0, 0.05) is 32.3 Å². The van der Waals surface area contributed by atoms with Gasteiger partial charge in [-0.2, -0.15) is 0 Å². The molecule has 1 heterocycles. The van der Waals surface area contributed by atoms with Crippen molar-refractivity contribution in [2.75, 3.05) is 20.2 Å². The Kier molecular flexibility index (Phi) is 6.70. The number of Topliss-reactive ketones (excluding diaryl/α,β-unsaturated/α-hetero) is 1. The second kappa shape index (κ2) is 9.80. The Morgan fingerprint density at radius 2 is 1.45 bits per heavy atom. The quantitative estimate of drug-likeness (QED) is 0.274. The van der Waals surface area contributed by atoms with Crippen LogP contribution in [0.25, 0.3) is 33.0 Å². The number of rotatable bonds is 4. The van der Waals surface area contributed by atoms with Gasteiger partial charge in [0.05, 0.1) is 20.2 Å². The van der Waals surface area contributed by atoms with Gasteiger partial charge in [0.15, 0.2) is 5.78 Å². The molecule has 0 radical (unpaired) electrons. The predicted octanol–water partition coefficient (Wildman–Crippen LogP) is 5.69. The van der Waals surface area contributed by atoms with Crippen molar-refractivity contribution in [3.8, 4) is 0 Å². The average Bonchev–Trinajstić information content (AvgIpc) is 2.77. The fourth-order valence-corrected chi connectivity index (χ4v) is 3.16. The molecule has 1 amide bonds. The van der Waals surface area contributed by atoms with Gasteiger partial charge in [-0.15, -0.1) is 0 Å². The lowest BCUT2D eigenvalue weighted by Crippen LogP contribution is -2.41. The van der Waals surface area contributed by atoms with Gasteiger partial charge in [0.2, 0.25) is 0 Å². The maximum Gasteiger partial charge on any atom is 0.410 e. The normalized spacial score (nSPS) is 15.9. The van der Waals surface area contributed by atoms with E-state index in [0.29, 0.717) is 33.6 Å². The number of hydrogen-bond donors (Lipinski definition) is 0. The Labute approximate surface area is 177 Å². The largest absolute Gasteiger partial charge is 0.453 e. The number of ketones is 1. The van der Waals surface area contributed by atoms with E-state index in [0.717, 1.165) is 0 Å². The summed E-state index contributed by atoms with van der Waals surface area (Å²) >= 11 is 0. The number of piperidine rings is 1. The number of likely N-dealkylation sites (tertiary alicyclic amines) is 1. The molecule has 2 aromatic rings. The van der Waals surface area contributed by atoms with E-state index in [9.17, 15) is 9.59 Å². The van der Waals surface area contributed by atoms with Gasteiger partial charge in [-0.3, -0.25) is 9.69 Å². The van der Waals surface area contributed by atoms with Crippen molar-refractivity contribution in [3.05, 3.63) is 91.7 Å². The molecular weight excluding hydrogens is 398 g/mol. The smallest absolute Gasteiger partial charge is 0.410 e. The number of benzene rings is 2. The number of methoxy groups -OCH3 is 1. The highest BCUT2D eigenvalue weighted by Gasteiger charge is 2.29. The lowest BCUT2D eigenvalue weighted by molar-refractivity contribution is -0.113. The molecule has 1 aliphatic rings. The molecule has 154 valence electrons. The van der Waals surface area contributed by atoms with Crippen LogP contribution in [0.3, 0.4) is 0 Å². The third-order valence-electron chi connectivity index (χ3n) is 4.48. The minimum absolute atomic E-state index is 0.0767. The number of azide groups is 2. The highest BCUT2D eigenvalue weighted by molar-refractivity contribution is 6.15. The number of carbonyl (C=O) groups is 2. The van der Waals surface area contributed by atoms with Crippen molar-refractivity contribution in [2.24, 2.45) is 10.2 Å². The topological polar surface area (TPSA) is 144 Å². The third-order valence-corrected chi connectivity index (χ3v) is 4.48. The summed E-state index contributed by atoms with van der Waals surface area (Å²) in [6.45, 7) is 0.153. The van der Waals surface area contributed by atoms with E-state index in [4.69, 9.17) is 15.8 Å². The first-order valence-corrected chi connectivity index (χ1v) is 9.13. The molecule has 0 bridgehead atoms. The summed E-state index contributed by atoms with van der Waals surface area (Å²) in [7, 11) is 1.28. The van der Waals surface area contributed by atoms with E-state index in [-0.39, 0.29) is 18.9 Å². The summed E-state index contributed by atoms with van der Waals surface area (Å²) in [6, 6.07) is 13.5. The monoisotopic (exact) mass is 415 g/mol. The van der Waals surface area contributed by atoms with Crippen LogP contribution in [-0.2, 0) is 9.53 Å². The summed E-state index contributed by atoms with van der Waals surface area (Å²) in [5.41, 5.74) is 20.1. The Morgan fingerprint density at radius 3 is 1.87 bits per heavy atom. The molecule has 1 aliphatic heterocycles. The molecule has 2 aromatic carbocycles. The maximum absolute atomic E-state index is 13.1. The minimum atomic E-state index is -0.560. The molecular formula is C21H17N7O3. The summed E-state index contributed by atoms with van der Waals surface area (Å²) in [6.07, 6.45) is 2.74. The first-order valence-electron chi connectivity index (χ1n) is 9.13. The molecule has 10 nitrogen and oxygen atoms in total. The Bertz CT molecular complexity index is 1110. The molecule has 0 aromatic heterocycles. The van der Waals surface area contributed by atoms with Crippen LogP contribution in [0.5, 0.6) is 0 Å². The van der Waals surface area contributed by atoms with E-state index in [1.807, 2.05) is 0 Å². The molecule has 1 saturated heterocycles. The van der Waals surface area contributed by atoms with Gasteiger partial charge in [-0.1, -0.05) is 46.6 Å². The maximum atomic E-state index is 13.1. The van der Waals surface area contributed by atoms with Crippen molar-refractivity contribution < 1.29 is 14.3 Å². The summed E-state index contributed by atoms with van der Waals surface area (Å²) in [4.78, 5) is 32.2. The van der Waals surface area contributed by atoms with Crippen LogP contribution in [-0.4, -0.2) is 37.0 Å². The predicted molar refractivity (Wildman–Crippen MR) is 115 cm³/mol. The first-order chi connectivity index (χ1) is 15.0. The Hall–Kier alpha value is -4.52. The molecule has 0 saturated carbocycles. The zero-order valence-electron chi connectivity index (χ0n) is 16.5. The zero-order valence-corrected chi connectivity index (χ0v) is 16.5. The zero-order chi connectivity index (χ0) is 22.2. The number of carbonyl (C=O) groups excluding carboxylic acids is 2. The fourth-order valence-electron chi connectivity index (χ4n) is 3.16. The van der Waals surface area contributed by atoms with Crippen LogP contribution in [0.4, 0.5) is 16.2 Å². The molecule has 0 spiro atoms. The SMILES string of the molecule is COC(=O)N1CC(=Cc2cccc(N=[N+]=[N-])c2)C(=O)C(=Cc2cccc(N=[N+]=[N-])c2)C1. The number of nitrogens with zero attached hydrogens (tertiary/aromatic N) is 7. The van der Waals surface area contributed by atoms with E-state index < -0.39 is 6.09 Å². The fraction of sp³-hybridized carbons (Fsp3) is 0.143. The van der Waals surface area contributed by atoms with Gasteiger partial charge in [-0.05, 0) is 46.5 Å². The van der Waals surface area contributed by atoms with Gasteiger partial charge in [0.25, 0.3) is 0 Å². The lowest BCUT2D eigenvalue weighted by Gasteiger charge is -2.28. The van der Waals surface area contributed by atoms with Crippen LogP contribution in [0, 0.1) is 0 Å². The molecule has 3 rings (SSSR count). The number of hydrogen-bond acceptors (Lipinski definition) is 5. The second-order valence-electron chi connectivity index (χ2n) is 6.56. The van der Waals surface area contributed by atoms with E-state index >= 15 is 0 Å². The summed E-state index contributed by atoms with van der Waals surface area (Å²) < 4.78 is 4.84. The van der Waals surface area contributed by atoms with Crippen LogP contribution in [0.1, 0.15) is 11.1 Å². The lowest BCUT2D eigenvalue weighted by atomic mass is 9.94. The van der Waals surface area contributed by atoms with Crippen molar-refractivity contribution in [1.29, 1.82) is 0 Å². The standard InChI is InChI=1S/C21H17N7O3/c1-31-21(30)28-12-16(8-14-4-2-6-18(10-14)24-26-22)20(29)17(13-28)9-15-5-3-7-19(11-15)25-27-23/h2-11H,12-13H2,1H3. The molecule has 1 fully saturated rings. The highest BCUT2D eigenvalue weighted by Crippen LogP contribution is 2.25. The van der Waals surface area contributed by atoms with Crippen molar-refractivity contribution in [3.63, 3.8) is 0 Å². The van der Waals surface area contributed by atoms with Gasteiger partial charge in [-0.25, -0.2) is 4.79 Å². The van der Waals surface area contributed by atoms with Gasteiger partial charge >= 0.3 is 6.09 Å². The van der Waals surface area contributed by atoms with Gasteiger partial charge in [0.1, 0.15) is 0 Å². The van der Waals surface area contributed by atoms with Crippen molar-refractivity contribution >= 4 is 35.4 Å². The molecule has 0 atom stereocenters. The van der Waals surface area contributed by atoms with Crippen LogP contribution in [0.15, 0.2) is 69.9 Å². The van der Waals surface area contributed by atoms with Crippen LogP contribution in [0.2, 0.25) is 0 Å². The molecule has 0 aliphatic carbocycles. The number of ether oxygens (including phenoxy) is 1. The third kappa shape index (κ3) is 5.30. The van der Waals surface area contributed by atoms with Crippen molar-refractivity contribution in [1.82, 2.24) is 4.90 Å².